The summed E-state index contributed by atoms with van der Waals surface area (Å²) in [7, 11) is 1.63. The van der Waals surface area contributed by atoms with Crippen molar-refractivity contribution in [3.8, 4) is 5.75 Å². The average molecular weight is 339 g/mol. The van der Waals surface area contributed by atoms with Crippen molar-refractivity contribution in [1.29, 1.82) is 0 Å². The van der Waals surface area contributed by atoms with Crippen molar-refractivity contribution in [2.45, 2.75) is 19.4 Å². The van der Waals surface area contributed by atoms with Crippen LogP contribution in [0.25, 0.3) is 0 Å². The Morgan fingerprint density at radius 2 is 2.00 bits per heavy atom. The van der Waals surface area contributed by atoms with E-state index in [1.807, 2.05) is 30.3 Å². The largest absolute Gasteiger partial charge is 0.497 e. The molecule has 25 heavy (non-hydrogen) atoms. The number of ether oxygens (including phenoxy) is 1. The molecule has 2 aromatic carbocycles. The molecule has 1 unspecified atom stereocenters. The van der Waals surface area contributed by atoms with Gasteiger partial charge in [0.15, 0.2) is 5.96 Å². The van der Waals surface area contributed by atoms with E-state index in [0.717, 1.165) is 36.8 Å². The number of guanidine groups is 1. The Hall–Kier alpha value is -2.53. The highest BCUT2D eigenvalue weighted by Crippen LogP contribution is 2.27. The molecule has 0 spiro atoms. The molecule has 1 atom stereocenters. The van der Waals surface area contributed by atoms with Crippen LogP contribution in [0.4, 0.5) is 5.69 Å². The Morgan fingerprint density at radius 3 is 2.72 bits per heavy atom. The number of aliphatic hydroxyl groups is 1. The molecule has 0 radical (unpaired) electrons. The number of aliphatic imine (C=N–C) groups is 1. The maximum absolute atomic E-state index is 10.4. The fourth-order valence-electron chi connectivity index (χ4n) is 3.06. The Balaban J connectivity index is 1.74. The predicted octanol–water partition coefficient (Wildman–Crippen LogP) is 2.76. The molecule has 2 aromatic rings. The van der Waals surface area contributed by atoms with Crippen LogP contribution in [0.5, 0.6) is 5.75 Å². The van der Waals surface area contributed by atoms with Crippen molar-refractivity contribution in [3.05, 3.63) is 59.7 Å². The van der Waals surface area contributed by atoms with E-state index in [0.29, 0.717) is 6.54 Å². The van der Waals surface area contributed by atoms with Crippen LogP contribution in [-0.2, 0) is 6.42 Å². The molecular formula is C20H25N3O2. The summed E-state index contributed by atoms with van der Waals surface area (Å²) in [6.45, 7) is 4.06. The van der Waals surface area contributed by atoms with Crippen LogP contribution in [0.1, 0.15) is 24.2 Å². The molecule has 5 nitrogen and oxygen atoms in total. The van der Waals surface area contributed by atoms with Gasteiger partial charge in [-0.3, -0.25) is 0 Å². The quantitative estimate of drug-likeness (QED) is 0.650. The topological polar surface area (TPSA) is 57.1 Å². The number of methoxy groups -OCH3 is 1. The molecule has 1 aliphatic rings. The molecule has 2 N–H and O–H groups in total. The summed E-state index contributed by atoms with van der Waals surface area (Å²) in [5, 5.41) is 13.8. The molecule has 3 rings (SSSR count). The lowest BCUT2D eigenvalue weighted by atomic mass is 10.1. The van der Waals surface area contributed by atoms with Crippen LogP contribution in [0.15, 0.2) is 53.5 Å². The fourth-order valence-corrected chi connectivity index (χ4v) is 3.06. The highest BCUT2D eigenvalue weighted by molar-refractivity contribution is 5.98. The van der Waals surface area contributed by atoms with Crippen LogP contribution in [-0.4, -0.2) is 37.8 Å². The van der Waals surface area contributed by atoms with E-state index in [1.54, 1.807) is 7.11 Å². The second-order valence-electron chi connectivity index (χ2n) is 6.01. The molecular weight excluding hydrogens is 314 g/mol. The summed E-state index contributed by atoms with van der Waals surface area (Å²) < 4.78 is 5.15. The Morgan fingerprint density at radius 1 is 1.24 bits per heavy atom. The third kappa shape index (κ3) is 3.94. The number of hydrogen-bond acceptors (Lipinski definition) is 3. The minimum atomic E-state index is -0.641. The number of benzene rings is 2. The zero-order chi connectivity index (χ0) is 17.6. The van der Waals surface area contributed by atoms with E-state index in [-0.39, 0.29) is 0 Å². The first-order valence-corrected chi connectivity index (χ1v) is 8.68. The predicted molar refractivity (Wildman–Crippen MR) is 101 cm³/mol. The first kappa shape index (κ1) is 17.3. The number of rotatable bonds is 5. The van der Waals surface area contributed by atoms with Crippen LogP contribution < -0.4 is 15.0 Å². The molecule has 0 aliphatic carbocycles. The maximum atomic E-state index is 10.4. The molecule has 0 bridgehead atoms. The summed E-state index contributed by atoms with van der Waals surface area (Å²) in [6.07, 6.45) is 0.374. The van der Waals surface area contributed by atoms with Gasteiger partial charge in [-0.2, -0.15) is 0 Å². The Bertz CT molecular complexity index is 728. The smallest absolute Gasteiger partial charge is 0.198 e. The number of aliphatic hydroxyl groups excluding tert-OH is 1. The lowest BCUT2D eigenvalue weighted by Gasteiger charge is -2.22. The van der Waals surface area contributed by atoms with Crippen molar-refractivity contribution in [2.24, 2.45) is 4.99 Å². The van der Waals surface area contributed by atoms with E-state index in [2.05, 4.69) is 40.3 Å². The molecule has 0 saturated carbocycles. The summed E-state index contributed by atoms with van der Waals surface area (Å²) in [5.74, 6) is 1.60. The second-order valence-corrected chi connectivity index (χ2v) is 6.01. The van der Waals surface area contributed by atoms with Gasteiger partial charge in [-0.15, -0.1) is 0 Å². The van der Waals surface area contributed by atoms with E-state index in [4.69, 9.17) is 4.74 Å². The molecule has 0 aromatic heterocycles. The molecule has 1 aliphatic heterocycles. The number of anilines is 1. The van der Waals surface area contributed by atoms with Gasteiger partial charge in [-0.25, -0.2) is 4.99 Å². The summed E-state index contributed by atoms with van der Waals surface area (Å²) in [4.78, 5) is 6.86. The fraction of sp³-hybridized carbons (Fsp3) is 0.350. The lowest BCUT2D eigenvalue weighted by molar-refractivity contribution is 0.187. The first-order valence-electron chi connectivity index (χ1n) is 8.68. The third-order valence-corrected chi connectivity index (χ3v) is 4.39. The average Bonchev–Trinajstić information content (AvgIpc) is 3.09. The highest BCUT2D eigenvalue weighted by atomic mass is 16.5. The minimum absolute atomic E-state index is 0.313. The van der Waals surface area contributed by atoms with Gasteiger partial charge in [0.2, 0.25) is 0 Å². The molecule has 0 fully saturated rings. The van der Waals surface area contributed by atoms with E-state index < -0.39 is 6.10 Å². The van der Waals surface area contributed by atoms with Crippen molar-refractivity contribution in [3.63, 3.8) is 0 Å². The van der Waals surface area contributed by atoms with Gasteiger partial charge in [0.1, 0.15) is 5.75 Å². The summed E-state index contributed by atoms with van der Waals surface area (Å²) >= 11 is 0. The van der Waals surface area contributed by atoms with E-state index in [1.165, 1.54) is 11.3 Å². The Labute approximate surface area is 149 Å². The zero-order valence-corrected chi connectivity index (χ0v) is 14.8. The van der Waals surface area contributed by atoms with E-state index >= 15 is 0 Å². The van der Waals surface area contributed by atoms with Crippen molar-refractivity contribution >= 4 is 11.6 Å². The number of fused-ring (bicyclic) bond motifs is 1. The van der Waals surface area contributed by atoms with Crippen LogP contribution >= 0.6 is 0 Å². The van der Waals surface area contributed by atoms with Crippen LogP contribution in [0, 0.1) is 0 Å². The van der Waals surface area contributed by atoms with Gasteiger partial charge >= 0.3 is 0 Å². The standard InChI is InChI=1S/C20H25N3O2/c1-3-21-20(23-13-12-15-6-4-5-7-18(15)23)22-14-19(24)16-8-10-17(25-2)11-9-16/h4-11,19,24H,3,12-14H2,1-2H3,(H,21,22). The van der Waals surface area contributed by atoms with Gasteiger partial charge in [0.25, 0.3) is 0 Å². The third-order valence-electron chi connectivity index (χ3n) is 4.39. The van der Waals surface area contributed by atoms with Crippen molar-refractivity contribution < 1.29 is 9.84 Å². The number of nitrogens with zero attached hydrogens (tertiary/aromatic N) is 2. The van der Waals surface area contributed by atoms with Crippen molar-refractivity contribution in [1.82, 2.24) is 5.32 Å². The number of nitrogens with one attached hydrogen (secondary N) is 1. The molecule has 1 heterocycles. The number of hydrogen-bond donors (Lipinski definition) is 2. The Kier molecular flexibility index (Phi) is 5.56. The maximum Gasteiger partial charge on any atom is 0.198 e. The van der Waals surface area contributed by atoms with Gasteiger partial charge < -0.3 is 20.1 Å². The van der Waals surface area contributed by atoms with E-state index in [9.17, 15) is 5.11 Å². The molecule has 0 saturated heterocycles. The molecule has 132 valence electrons. The highest BCUT2D eigenvalue weighted by Gasteiger charge is 2.22. The summed E-state index contributed by atoms with van der Waals surface area (Å²) in [5.41, 5.74) is 3.37. The zero-order valence-electron chi connectivity index (χ0n) is 14.8. The lowest BCUT2D eigenvalue weighted by Crippen LogP contribution is -2.40. The van der Waals surface area contributed by atoms with Crippen molar-refractivity contribution in [2.75, 3.05) is 31.6 Å². The van der Waals surface area contributed by atoms with Crippen LogP contribution in [0.2, 0.25) is 0 Å². The second kappa shape index (κ2) is 8.03. The van der Waals surface area contributed by atoms with Gasteiger partial charge in [-0.1, -0.05) is 30.3 Å². The van der Waals surface area contributed by atoms with Gasteiger partial charge in [0, 0.05) is 18.8 Å². The van der Waals surface area contributed by atoms with Gasteiger partial charge in [-0.05, 0) is 42.7 Å². The SMILES string of the molecule is CCNC(=NCC(O)c1ccc(OC)cc1)N1CCc2ccccc21. The molecule has 5 heteroatoms. The van der Waals surface area contributed by atoms with Gasteiger partial charge in [0.05, 0.1) is 19.8 Å². The normalized spacial score (nSPS) is 15.0. The van der Waals surface area contributed by atoms with Crippen LogP contribution in [0.3, 0.4) is 0 Å². The summed E-state index contributed by atoms with van der Waals surface area (Å²) in [6, 6.07) is 15.8. The monoisotopic (exact) mass is 339 g/mol. The molecule has 0 amide bonds. The minimum Gasteiger partial charge on any atom is -0.497 e. The number of para-hydroxylation sites is 1. The first-order chi connectivity index (χ1) is 12.2.